The number of carbonyl (C=O) groups is 2. The zero-order valence-corrected chi connectivity index (χ0v) is 15.7. The van der Waals surface area contributed by atoms with Gasteiger partial charge in [-0.05, 0) is 18.2 Å². The molecule has 1 N–H and O–H groups in total. The summed E-state index contributed by atoms with van der Waals surface area (Å²) in [4.78, 5) is 36.6. The first-order valence-corrected chi connectivity index (χ1v) is 8.61. The standard InChI is InChI=1S/C19H18FN3O6/c1-28-13-4-6-17(29-2)16(9-13)22-10-11(7-18(22)24)19(25)21-15-8-12(23(26)27)3-5-14(15)20/h3-6,8-9,11H,7,10H2,1-2H3,(H,21,25). The monoisotopic (exact) mass is 403 g/mol. The number of non-ortho nitro benzene ring substituents is 1. The number of nitrogens with zero attached hydrogens (tertiary/aromatic N) is 2. The van der Waals surface area contributed by atoms with Gasteiger partial charge >= 0.3 is 0 Å². The summed E-state index contributed by atoms with van der Waals surface area (Å²) in [5, 5.41) is 13.2. The number of nitro benzene ring substituents is 1. The molecule has 2 aromatic carbocycles. The molecule has 2 amide bonds. The zero-order valence-electron chi connectivity index (χ0n) is 15.7. The summed E-state index contributed by atoms with van der Waals surface area (Å²) in [6, 6.07) is 7.79. The number of hydrogen-bond acceptors (Lipinski definition) is 6. The molecule has 152 valence electrons. The summed E-state index contributed by atoms with van der Waals surface area (Å²) in [6.07, 6.45) is -0.0945. The molecule has 0 saturated carbocycles. The van der Waals surface area contributed by atoms with E-state index in [2.05, 4.69) is 5.32 Å². The highest BCUT2D eigenvalue weighted by atomic mass is 19.1. The van der Waals surface area contributed by atoms with Gasteiger partial charge in [-0.1, -0.05) is 0 Å². The summed E-state index contributed by atoms with van der Waals surface area (Å²) in [6.45, 7) is 0.0464. The second-order valence-corrected chi connectivity index (χ2v) is 6.35. The van der Waals surface area contributed by atoms with E-state index in [9.17, 15) is 24.1 Å². The molecule has 1 heterocycles. The SMILES string of the molecule is COc1ccc(OC)c(N2CC(C(=O)Nc3cc([N+](=O)[O-])ccc3F)CC2=O)c1. The lowest BCUT2D eigenvalue weighted by Crippen LogP contribution is -2.28. The number of nitrogens with one attached hydrogen (secondary N) is 1. The third kappa shape index (κ3) is 4.10. The number of ether oxygens (including phenoxy) is 2. The fourth-order valence-electron chi connectivity index (χ4n) is 3.08. The molecule has 1 fully saturated rings. The molecule has 29 heavy (non-hydrogen) atoms. The van der Waals surface area contributed by atoms with E-state index in [1.165, 1.54) is 19.1 Å². The van der Waals surface area contributed by atoms with E-state index in [0.29, 0.717) is 17.2 Å². The Kier molecular flexibility index (Phi) is 5.62. The first kappa shape index (κ1) is 20.1. The van der Waals surface area contributed by atoms with Crippen LogP contribution in [-0.2, 0) is 9.59 Å². The molecule has 1 aliphatic rings. The van der Waals surface area contributed by atoms with Gasteiger partial charge in [0.15, 0.2) is 0 Å². The summed E-state index contributed by atoms with van der Waals surface area (Å²) < 4.78 is 24.4. The number of hydrogen-bond donors (Lipinski definition) is 1. The number of anilines is 2. The maximum atomic E-state index is 13.9. The molecule has 0 radical (unpaired) electrons. The molecule has 2 aromatic rings. The summed E-state index contributed by atoms with van der Waals surface area (Å²) in [5.41, 5.74) is -0.213. The predicted octanol–water partition coefficient (Wildman–Crippen LogP) is 2.74. The van der Waals surface area contributed by atoms with Gasteiger partial charge in [-0.15, -0.1) is 0 Å². The number of nitro groups is 1. The normalized spacial score (nSPS) is 15.9. The molecule has 0 aromatic heterocycles. The van der Waals surface area contributed by atoms with E-state index in [4.69, 9.17) is 9.47 Å². The van der Waals surface area contributed by atoms with E-state index in [0.717, 1.165) is 18.2 Å². The molecule has 1 saturated heterocycles. The first-order chi connectivity index (χ1) is 13.8. The Labute approximate surface area is 165 Å². The second kappa shape index (κ2) is 8.13. The van der Waals surface area contributed by atoms with Gasteiger partial charge in [-0.25, -0.2) is 4.39 Å². The van der Waals surface area contributed by atoms with Crippen molar-refractivity contribution in [2.45, 2.75) is 6.42 Å². The van der Waals surface area contributed by atoms with Crippen molar-refractivity contribution in [2.75, 3.05) is 31.0 Å². The van der Waals surface area contributed by atoms with Crippen LogP contribution >= 0.6 is 0 Å². The van der Waals surface area contributed by atoms with Crippen molar-refractivity contribution in [1.29, 1.82) is 0 Å². The van der Waals surface area contributed by atoms with Gasteiger partial charge in [-0.3, -0.25) is 19.7 Å². The fraction of sp³-hybridized carbons (Fsp3) is 0.263. The Bertz CT molecular complexity index is 980. The van der Waals surface area contributed by atoms with Crippen molar-refractivity contribution in [3.63, 3.8) is 0 Å². The van der Waals surface area contributed by atoms with Crippen LogP contribution in [0.15, 0.2) is 36.4 Å². The number of benzene rings is 2. The summed E-state index contributed by atoms with van der Waals surface area (Å²) in [5.74, 6) is -1.54. The number of amides is 2. The van der Waals surface area contributed by atoms with Gasteiger partial charge in [0, 0.05) is 31.2 Å². The van der Waals surface area contributed by atoms with Crippen LogP contribution in [0, 0.1) is 21.8 Å². The highest BCUT2D eigenvalue weighted by Gasteiger charge is 2.37. The Hall–Kier alpha value is -3.69. The molecule has 0 aliphatic carbocycles. The van der Waals surface area contributed by atoms with Crippen molar-refractivity contribution < 1.29 is 28.4 Å². The van der Waals surface area contributed by atoms with Crippen LogP contribution in [0.25, 0.3) is 0 Å². The summed E-state index contributed by atoms with van der Waals surface area (Å²) >= 11 is 0. The molecule has 0 spiro atoms. The van der Waals surface area contributed by atoms with Crippen molar-refractivity contribution in [3.05, 3.63) is 52.3 Å². The minimum absolute atomic E-state index is 0.0464. The Morgan fingerprint density at radius 1 is 1.24 bits per heavy atom. The van der Waals surface area contributed by atoms with Crippen LogP contribution < -0.4 is 19.7 Å². The highest BCUT2D eigenvalue weighted by molar-refractivity contribution is 6.04. The van der Waals surface area contributed by atoms with Gasteiger partial charge in [0.25, 0.3) is 5.69 Å². The number of carbonyl (C=O) groups excluding carboxylic acids is 2. The van der Waals surface area contributed by atoms with Crippen LogP contribution in [0.4, 0.5) is 21.5 Å². The van der Waals surface area contributed by atoms with Gasteiger partial charge in [0.05, 0.1) is 36.4 Å². The number of halogens is 1. The maximum Gasteiger partial charge on any atom is 0.271 e. The average molecular weight is 403 g/mol. The predicted molar refractivity (Wildman–Crippen MR) is 102 cm³/mol. The van der Waals surface area contributed by atoms with Gasteiger partial charge < -0.3 is 19.7 Å². The third-order valence-electron chi connectivity index (χ3n) is 4.59. The largest absolute Gasteiger partial charge is 0.497 e. The molecular formula is C19H18FN3O6. The third-order valence-corrected chi connectivity index (χ3v) is 4.59. The van der Waals surface area contributed by atoms with Crippen molar-refractivity contribution >= 4 is 28.9 Å². The van der Waals surface area contributed by atoms with Crippen molar-refractivity contribution in [1.82, 2.24) is 0 Å². The van der Waals surface area contributed by atoms with Gasteiger partial charge in [0.1, 0.15) is 17.3 Å². The van der Waals surface area contributed by atoms with E-state index in [1.54, 1.807) is 18.2 Å². The molecule has 1 atom stereocenters. The minimum Gasteiger partial charge on any atom is -0.497 e. The lowest BCUT2D eigenvalue weighted by atomic mass is 10.1. The number of rotatable bonds is 6. The first-order valence-electron chi connectivity index (χ1n) is 8.61. The van der Waals surface area contributed by atoms with Crippen molar-refractivity contribution in [3.8, 4) is 11.5 Å². The maximum absolute atomic E-state index is 13.9. The quantitative estimate of drug-likeness (QED) is 0.586. The molecule has 0 bridgehead atoms. The van der Waals surface area contributed by atoms with Gasteiger partial charge in [0.2, 0.25) is 11.8 Å². The van der Waals surface area contributed by atoms with Crippen LogP contribution in [0.3, 0.4) is 0 Å². The fourth-order valence-corrected chi connectivity index (χ4v) is 3.08. The number of methoxy groups -OCH3 is 2. The zero-order chi connectivity index (χ0) is 21.1. The average Bonchev–Trinajstić information content (AvgIpc) is 3.10. The Balaban J connectivity index is 1.80. The van der Waals surface area contributed by atoms with Crippen LogP contribution in [-0.4, -0.2) is 37.5 Å². The molecule has 3 rings (SSSR count). The highest BCUT2D eigenvalue weighted by Crippen LogP contribution is 2.36. The molecule has 1 unspecified atom stereocenters. The topological polar surface area (TPSA) is 111 Å². The van der Waals surface area contributed by atoms with Crippen LogP contribution in [0.2, 0.25) is 0 Å². The molecule has 1 aliphatic heterocycles. The van der Waals surface area contributed by atoms with E-state index in [-0.39, 0.29) is 30.2 Å². The van der Waals surface area contributed by atoms with E-state index < -0.39 is 22.6 Å². The van der Waals surface area contributed by atoms with Crippen molar-refractivity contribution in [2.24, 2.45) is 5.92 Å². The molecular weight excluding hydrogens is 385 g/mol. The summed E-state index contributed by atoms with van der Waals surface area (Å²) in [7, 11) is 2.95. The molecule has 10 heteroatoms. The van der Waals surface area contributed by atoms with Crippen LogP contribution in [0.1, 0.15) is 6.42 Å². The van der Waals surface area contributed by atoms with E-state index in [1.807, 2.05) is 0 Å². The Morgan fingerprint density at radius 3 is 2.66 bits per heavy atom. The lowest BCUT2D eigenvalue weighted by molar-refractivity contribution is -0.384. The lowest BCUT2D eigenvalue weighted by Gasteiger charge is -2.20. The Morgan fingerprint density at radius 2 is 2.00 bits per heavy atom. The van der Waals surface area contributed by atoms with Crippen LogP contribution in [0.5, 0.6) is 11.5 Å². The van der Waals surface area contributed by atoms with Gasteiger partial charge in [-0.2, -0.15) is 0 Å². The smallest absolute Gasteiger partial charge is 0.271 e. The second-order valence-electron chi connectivity index (χ2n) is 6.35. The minimum atomic E-state index is -0.806. The van der Waals surface area contributed by atoms with E-state index >= 15 is 0 Å². The molecule has 9 nitrogen and oxygen atoms in total.